The van der Waals surface area contributed by atoms with Gasteiger partial charge in [-0.25, -0.2) is 4.79 Å². The first-order chi connectivity index (χ1) is 7.52. The lowest BCUT2D eigenvalue weighted by molar-refractivity contribution is -0.149. The molecule has 2 N–H and O–H groups in total. The highest BCUT2D eigenvalue weighted by Crippen LogP contribution is 2.09. The third-order valence-electron chi connectivity index (χ3n) is 2.27. The lowest BCUT2D eigenvalue weighted by Gasteiger charge is -2.13. The summed E-state index contributed by atoms with van der Waals surface area (Å²) in [5.74, 6) is -0.274. The van der Waals surface area contributed by atoms with E-state index in [-0.39, 0.29) is 24.2 Å². The predicted octanol–water partition coefficient (Wildman–Crippen LogP) is 0.0245. The Morgan fingerprint density at radius 2 is 2.12 bits per heavy atom. The predicted molar refractivity (Wildman–Crippen MR) is 57.0 cm³/mol. The van der Waals surface area contributed by atoms with Gasteiger partial charge in [0.25, 0.3) is 0 Å². The standard InChI is InChI=1S/C10H18N2O4/c1-6(2)16-9(13)8-4-7(5-11-8)12-10(14)15-3/h6-8,11H,4-5H2,1-3H3,(H,12,14)/t7-,8+/m1/s1. The van der Waals surface area contributed by atoms with Crippen LogP contribution in [-0.2, 0) is 14.3 Å². The number of carbonyl (C=O) groups excluding carboxylic acids is 2. The van der Waals surface area contributed by atoms with Gasteiger partial charge in [-0.15, -0.1) is 0 Å². The average molecular weight is 230 g/mol. The van der Waals surface area contributed by atoms with Crippen LogP contribution in [0.4, 0.5) is 4.79 Å². The first-order valence-corrected chi connectivity index (χ1v) is 5.31. The van der Waals surface area contributed by atoms with Crippen molar-refractivity contribution in [1.82, 2.24) is 10.6 Å². The number of ether oxygens (including phenoxy) is 2. The van der Waals surface area contributed by atoms with Gasteiger partial charge in [-0.05, 0) is 20.3 Å². The molecule has 1 aliphatic rings. The largest absolute Gasteiger partial charge is 0.462 e. The Balaban J connectivity index is 2.34. The van der Waals surface area contributed by atoms with Crippen LogP contribution in [0, 0.1) is 0 Å². The molecule has 0 saturated carbocycles. The molecule has 92 valence electrons. The molecule has 0 aromatic heterocycles. The molecule has 16 heavy (non-hydrogen) atoms. The number of amides is 1. The second kappa shape index (κ2) is 5.69. The summed E-state index contributed by atoms with van der Waals surface area (Å²) in [5, 5.41) is 5.63. The highest BCUT2D eigenvalue weighted by molar-refractivity contribution is 5.76. The molecule has 6 nitrogen and oxygen atoms in total. The Kier molecular flexibility index (Phi) is 4.54. The lowest BCUT2D eigenvalue weighted by atomic mass is 10.2. The van der Waals surface area contributed by atoms with Gasteiger partial charge >= 0.3 is 12.1 Å². The zero-order chi connectivity index (χ0) is 12.1. The molecule has 0 radical (unpaired) electrons. The SMILES string of the molecule is COC(=O)N[C@H]1CN[C@H](C(=O)OC(C)C)C1. The summed E-state index contributed by atoms with van der Waals surface area (Å²) >= 11 is 0. The molecular weight excluding hydrogens is 212 g/mol. The van der Waals surface area contributed by atoms with Gasteiger partial charge in [0.2, 0.25) is 0 Å². The highest BCUT2D eigenvalue weighted by atomic mass is 16.5. The van der Waals surface area contributed by atoms with Gasteiger partial charge in [0.05, 0.1) is 13.2 Å². The number of esters is 1. The first kappa shape index (κ1) is 12.8. The minimum atomic E-state index is -0.482. The molecule has 0 bridgehead atoms. The van der Waals surface area contributed by atoms with Crippen molar-refractivity contribution >= 4 is 12.1 Å². The van der Waals surface area contributed by atoms with Crippen molar-refractivity contribution in [2.75, 3.05) is 13.7 Å². The molecule has 1 saturated heterocycles. The maximum Gasteiger partial charge on any atom is 0.407 e. The van der Waals surface area contributed by atoms with Gasteiger partial charge in [-0.1, -0.05) is 0 Å². The zero-order valence-corrected chi connectivity index (χ0v) is 9.78. The minimum absolute atomic E-state index is 0.0860. The Labute approximate surface area is 94.7 Å². The summed E-state index contributed by atoms with van der Waals surface area (Å²) in [6.45, 7) is 4.15. The van der Waals surface area contributed by atoms with Gasteiger partial charge in [0.1, 0.15) is 6.04 Å². The van der Waals surface area contributed by atoms with E-state index < -0.39 is 6.09 Å². The molecule has 0 aromatic carbocycles. The fraction of sp³-hybridized carbons (Fsp3) is 0.800. The number of hydrogen-bond acceptors (Lipinski definition) is 5. The van der Waals surface area contributed by atoms with Crippen LogP contribution in [0.2, 0.25) is 0 Å². The Hall–Kier alpha value is -1.30. The molecule has 0 aromatic rings. The summed E-state index contributed by atoms with van der Waals surface area (Å²) in [6.07, 6.45) is -0.0766. The molecule has 1 fully saturated rings. The summed E-state index contributed by atoms with van der Waals surface area (Å²) < 4.78 is 9.55. The Morgan fingerprint density at radius 3 is 2.69 bits per heavy atom. The summed E-state index contributed by atoms with van der Waals surface area (Å²) in [5.41, 5.74) is 0. The van der Waals surface area contributed by atoms with Crippen molar-refractivity contribution < 1.29 is 19.1 Å². The molecule has 0 aliphatic carbocycles. The van der Waals surface area contributed by atoms with Crippen LogP contribution in [0.1, 0.15) is 20.3 Å². The van der Waals surface area contributed by atoms with Gasteiger partial charge in [-0.3, -0.25) is 4.79 Å². The summed E-state index contributed by atoms with van der Waals surface area (Å²) in [4.78, 5) is 22.5. The molecule has 1 aliphatic heterocycles. The highest BCUT2D eigenvalue weighted by Gasteiger charge is 2.31. The summed E-state index contributed by atoms with van der Waals surface area (Å²) in [6, 6.07) is -0.429. The second-order valence-corrected chi connectivity index (χ2v) is 4.02. The quantitative estimate of drug-likeness (QED) is 0.669. The minimum Gasteiger partial charge on any atom is -0.462 e. The number of hydrogen-bond donors (Lipinski definition) is 2. The number of nitrogens with one attached hydrogen (secondary N) is 2. The zero-order valence-electron chi connectivity index (χ0n) is 9.78. The van der Waals surface area contributed by atoms with E-state index in [2.05, 4.69) is 15.4 Å². The third-order valence-corrected chi connectivity index (χ3v) is 2.27. The number of alkyl carbamates (subject to hydrolysis) is 1. The van der Waals surface area contributed by atoms with Crippen molar-refractivity contribution in [1.29, 1.82) is 0 Å². The molecule has 1 heterocycles. The van der Waals surface area contributed by atoms with Crippen molar-refractivity contribution in [3.63, 3.8) is 0 Å². The van der Waals surface area contributed by atoms with Crippen LogP contribution < -0.4 is 10.6 Å². The monoisotopic (exact) mass is 230 g/mol. The van der Waals surface area contributed by atoms with Crippen molar-refractivity contribution in [2.24, 2.45) is 0 Å². The van der Waals surface area contributed by atoms with E-state index in [0.717, 1.165) is 0 Å². The van der Waals surface area contributed by atoms with E-state index in [1.54, 1.807) is 13.8 Å². The number of carbonyl (C=O) groups is 2. The lowest BCUT2D eigenvalue weighted by Crippen LogP contribution is -2.35. The van der Waals surface area contributed by atoms with E-state index in [4.69, 9.17) is 4.74 Å². The molecule has 0 unspecified atom stereocenters. The van der Waals surface area contributed by atoms with Crippen LogP contribution >= 0.6 is 0 Å². The van der Waals surface area contributed by atoms with Crippen molar-refractivity contribution in [2.45, 2.75) is 38.5 Å². The van der Waals surface area contributed by atoms with Crippen LogP contribution in [0.15, 0.2) is 0 Å². The fourth-order valence-corrected chi connectivity index (χ4v) is 1.57. The van der Waals surface area contributed by atoms with Gasteiger partial charge < -0.3 is 20.1 Å². The summed E-state index contributed by atoms with van der Waals surface area (Å²) in [7, 11) is 1.31. The maximum atomic E-state index is 11.5. The Bertz CT molecular complexity index is 268. The van der Waals surface area contributed by atoms with Crippen LogP contribution in [0.25, 0.3) is 0 Å². The molecule has 0 spiro atoms. The normalized spacial score (nSPS) is 24.2. The molecular formula is C10H18N2O4. The van der Waals surface area contributed by atoms with Gasteiger partial charge in [-0.2, -0.15) is 0 Å². The topological polar surface area (TPSA) is 76.7 Å². The molecule has 1 rings (SSSR count). The van der Waals surface area contributed by atoms with E-state index in [0.29, 0.717) is 13.0 Å². The second-order valence-electron chi connectivity index (χ2n) is 4.02. The van der Waals surface area contributed by atoms with Crippen molar-refractivity contribution in [3.05, 3.63) is 0 Å². The third kappa shape index (κ3) is 3.69. The van der Waals surface area contributed by atoms with Crippen molar-refractivity contribution in [3.8, 4) is 0 Å². The maximum absolute atomic E-state index is 11.5. The van der Waals surface area contributed by atoms with Crippen LogP contribution in [-0.4, -0.2) is 43.9 Å². The molecule has 2 atom stereocenters. The van der Waals surface area contributed by atoms with Gasteiger partial charge in [0.15, 0.2) is 0 Å². The smallest absolute Gasteiger partial charge is 0.407 e. The average Bonchev–Trinajstić information content (AvgIpc) is 2.65. The number of methoxy groups -OCH3 is 1. The van der Waals surface area contributed by atoms with E-state index in [1.807, 2.05) is 0 Å². The fourth-order valence-electron chi connectivity index (χ4n) is 1.57. The van der Waals surface area contributed by atoms with Gasteiger partial charge in [0, 0.05) is 12.6 Å². The molecule has 6 heteroatoms. The van der Waals surface area contributed by atoms with E-state index in [1.165, 1.54) is 7.11 Å². The van der Waals surface area contributed by atoms with Crippen LogP contribution in [0.3, 0.4) is 0 Å². The first-order valence-electron chi connectivity index (χ1n) is 5.31. The van der Waals surface area contributed by atoms with Crippen LogP contribution in [0.5, 0.6) is 0 Å². The van der Waals surface area contributed by atoms with E-state index >= 15 is 0 Å². The molecule has 1 amide bonds. The number of rotatable bonds is 3. The van der Waals surface area contributed by atoms with E-state index in [9.17, 15) is 9.59 Å². The Morgan fingerprint density at radius 1 is 1.44 bits per heavy atom.